The molecule has 0 saturated carbocycles. The van der Waals surface area contributed by atoms with Gasteiger partial charge in [-0.2, -0.15) is 0 Å². The van der Waals surface area contributed by atoms with Crippen LogP contribution in [-0.2, 0) is 9.84 Å². The Balaban J connectivity index is 2.08. The number of thiocarbonyl (C=S) groups is 1. The maximum atomic E-state index is 11.9. The van der Waals surface area contributed by atoms with Crippen LogP contribution in [0.5, 0.6) is 0 Å². The average Bonchev–Trinajstić information content (AvgIpc) is 2.60. The van der Waals surface area contributed by atoms with Gasteiger partial charge in [-0.15, -0.1) is 0 Å². The first-order valence-corrected chi connectivity index (χ1v) is 9.69. The van der Waals surface area contributed by atoms with Crippen molar-refractivity contribution in [2.24, 2.45) is 0 Å². The third kappa shape index (κ3) is 2.24. The SMILES string of the molecule is C[C@]12CS(=O)(=O)C[C@@H]1SC(=S)N2c1cccc(Br)c1. The lowest BCUT2D eigenvalue weighted by Gasteiger charge is -2.34. The Morgan fingerprint density at radius 1 is 1.53 bits per heavy atom. The van der Waals surface area contributed by atoms with Crippen LogP contribution in [0.1, 0.15) is 6.92 Å². The third-order valence-corrected chi connectivity index (χ3v) is 8.00. The molecule has 19 heavy (non-hydrogen) atoms. The van der Waals surface area contributed by atoms with Crippen LogP contribution >= 0.6 is 39.9 Å². The molecule has 1 aromatic rings. The number of nitrogens with zero attached hydrogens (tertiary/aromatic N) is 1. The number of hydrogen-bond donors (Lipinski definition) is 0. The standard InChI is InChI=1S/C12H12BrNO2S3/c1-12-7-19(15,16)6-10(12)18-11(17)14(12)9-4-2-3-8(13)5-9/h2-5,10H,6-7H2,1H3/t10-,12-/m0/s1. The number of halogens is 1. The summed E-state index contributed by atoms with van der Waals surface area (Å²) in [5.74, 6) is 0.392. The van der Waals surface area contributed by atoms with E-state index in [2.05, 4.69) is 15.9 Å². The molecular formula is C12H12BrNO2S3. The quantitative estimate of drug-likeness (QED) is 0.703. The predicted molar refractivity (Wildman–Crippen MR) is 87.7 cm³/mol. The summed E-state index contributed by atoms with van der Waals surface area (Å²) in [5.41, 5.74) is 0.524. The van der Waals surface area contributed by atoms with Gasteiger partial charge in [0, 0.05) is 10.2 Å². The molecule has 102 valence electrons. The van der Waals surface area contributed by atoms with Gasteiger partial charge in [-0.3, -0.25) is 0 Å². The molecule has 0 aliphatic carbocycles. The molecule has 0 N–H and O–H groups in total. The molecule has 2 heterocycles. The molecule has 0 bridgehead atoms. The van der Waals surface area contributed by atoms with Gasteiger partial charge < -0.3 is 4.90 Å². The first-order valence-electron chi connectivity index (χ1n) is 5.79. The molecule has 1 aromatic carbocycles. The van der Waals surface area contributed by atoms with Crippen molar-refractivity contribution in [1.82, 2.24) is 0 Å². The number of benzene rings is 1. The van der Waals surface area contributed by atoms with E-state index in [0.717, 1.165) is 14.5 Å². The van der Waals surface area contributed by atoms with Gasteiger partial charge in [0.05, 0.1) is 22.3 Å². The number of hydrogen-bond acceptors (Lipinski definition) is 4. The first-order chi connectivity index (χ1) is 8.82. The van der Waals surface area contributed by atoms with E-state index in [0.29, 0.717) is 0 Å². The normalized spacial score (nSPS) is 32.6. The largest absolute Gasteiger partial charge is 0.319 e. The van der Waals surface area contributed by atoms with Crippen LogP contribution in [0.4, 0.5) is 5.69 Å². The van der Waals surface area contributed by atoms with E-state index in [1.807, 2.05) is 36.1 Å². The molecule has 2 fully saturated rings. The van der Waals surface area contributed by atoms with Crippen molar-refractivity contribution in [3.05, 3.63) is 28.7 Å². The van der Waals surface area contributed by atoms with Gasteiger partial charge in [-0.25, -0.2) is 8.42 Å². The molecule has 0 aromatic heterocycles. The van der Waals surface area contributed by atoms with Crippen LogP contribution in [0, 0.1) is 0 Å². The highest BCUT2D eigenvalue weighted by Gasteiger charge is 2.57. The molecule has 2 atom stereocenters. The van der Waals surface area contributed by atoms with E-state index in [4.69, 9.17) is 12.2 Å². The van der Waals surface area contributed by atoms with Gasteiger partial charge >= 0.3 is 0 Å². The van der Waals surface area contributed by atoms with Crippen LogP contribution in [0.25, 0.3) is 0 Å². The van der Waals surface area contributed by atoms with Crippen molar-refractivity contribution < 1.29 is 8.42 Å². The number of rotatable bonds is 1. The van der Waals surface area contributed by atoms with E-state index in [9.17, 15) is 8.42 Å². The number of sulfone groups is 1. The second kappa shape index (κ2) is 4.44. The fraction of sp³-hybridized carbons (Fsp3) is 0.417. The van der Waals surface area contributed by atoms with Gasteiger partial charge in [-0.05, 0) is 25.1 Å². The van der Waals surface area contributed by atoms with Crippen LogP contribution in [0.2, 0.25) is 0 Å². The van der Waals surface area contributed by atoms with Crippen molar-refractivity contribution in [2.75, 3.05) is 16.4 Å². The molecule has 0 radical (unpaired) electrons. The minimum Gasteiger partial charge on any atom is -0.319 e. The third-order valence-electron chi connectivity index (χ3n) is 3.61. The van der Waals surface area contributed by atoms with Crippen LogP contribution in [0.15, 0.2) is 28.7 Å². The maximum absolute atomic E-state index is 11.9. The summed E-state index contributed by atoms with van der Waals surface area (Å²) in [5, 5.41) is 0.0315. The Bertz CT molecular complexity index is 661. The summed E-state index contributed by atoms with van der Waals surface area (Å²) < 4.78 is 25.5. The second-order valence-corrected chi connectivity index (χ2v) is 9.96. The van der Waals surface area contributed by atoms with E-state index in [-0.39, 0.29) is 16.8 Å². The zero-order valence-corrected chi connectivity index (χ0v) is 14.2. The zero-order chi connectivity index (χ0) is 13.8. The van der Waals surface area contributed by atoms with Crippen molar-refractivity contribution in [2.45, 2.75) is 17.7 Å². The molecule has 2 saturated heterocycles. The summed E-state index contributed by atoms with van der Waals surface area (Å²) in [4.78, 5) is 2.01. The smallest absolute Gasteiger partial charge is 0.153 e. The molecular weight excluding hydrogens is 366 g/mol. The second-order valence-electron chi connectivity index (χ2n) is 5.10. The van der Waals surface area contributed by atoms with Crippen LogP contribution in [0.3, 0.4) is 0 Å². The van der Waals surface area contributed by atoms with Crippen molar-refractivity contribution in [3.8, 4) is 0 Å². The van der Waals surface area contributed by atoms with Gasteiger partial charge in [-0.1, -0.05) is 46.0 Å². The van der Waals surface area contributed by atoms with E-state index in [1.165, 1.54) is 11.8 Å². The number of fused-ring (bicyclic) bond motifs is 1. The first kappa shape index (κ1) is 13.9. The monoisotopic (exact) mass is 377 g/mol. The average molecular weight is 378 g/mol. The minimum atomic E-state index is -2.97. The fourth-order valence-corrected chi connectivity index (χ4v) is 8.09. The summed E-state index contributed by atoms with van der Waals surface area (Å²) in [6.07, 6.45) is 0. The Hall–Kier alpha value is -0.110. The fourth-order valence-electron chi connectivity index (χ4n) is 2.78. The van der Waals surface area contributed by atoms with Crippen LogP contribution in [-0.4, -0.2) is 35.0 Å². The van der Waals surface area contributed by atoms with Gasteiger partial charge in [0.1, 0.15) is 4.32 Å². The lowest BCUT2D eigenvalue weighted by molar-refractivity contribution is 0.550. The van der Waals surface area contributed by atoms with Gasteiger partial charge in [0.25, 0.3) is 0 Å². The Kier molecular flexibility index (Phi) is 3.24. The maximum Gasteiger partial charge on any atom is 0.153 e. The molecule has 3 rings (SSSR count). The Morgan fingerprint density at radius 3 is 2.95 bits per heavy atom. The molecule has 2 aliphatic heterocycles. The van der Waals surface area contributed by atoms with E-state index in [1.54, 1.807) is 0 Å². The lowest BCUT2D eigenvalue weighted by Crippen LogP contribution is -2.49. The topological polar surface area (TPSA) is 37.4 Å². The van der Waals surface area contributed by atoms with Crippen molar-refractivity contribution in [1.29, 1.82) is 0 Å². The van der Waals surface area contributed by atoms with Gasteiger partial charge in [0.2, 0.25) is 0 Å². The van der Waals surface area contributed by atoms with Gasteiger partial charge in [0.15, 0.2) is 9.84 Å². The highest BCUT2D eigenvalue weighted by molar-refractivity contribution is 9.10. The predicted octanol–water partition coefficient (Wildman–Crippen LogP) is 2.84. The molecule has 3 nitrogen and oxygen atoms in total. The lowest BCUT2D eigenvalue weighted by atomic mass is 9.99. The summed E-state index contributed by atoms with van der Waals surface area (Å²) >= 11 is 10.4. The van der Waals surface area contributed by atoms with E-state index >= 15 is 0 Å². The van der Waals surface area contributed by atoms with E-state index < -0.39 is 15.4 Å². The summed E-state index contributed by atoms with van der Waals surface area (Å²) in [6.45, 7) is 2.00. The van der Waals surface area contributed by atoms with Crippen molar-refractivity contribution in [3.63, 3.8) is 0 Å². The number of anilines is 1. The zero-order valence-electron chi connectivity index (χ0n) is 10.2. The minimum absolute atomic E-state index is 0.0315. The molecule has 2 aliphatic rings. The highest BCUT2D eigenvalue weighted by atomic mass is 79.9. The Labute approximate surface area is 130 Å². The summed E-state index contributed by atoms with van der Waals surface area (Å²) in [6, 6.07) is 7.83. The van der Waals surface area contributed by atoms with Crippen LogP contribution < -0.4 is 4.90 Å². The molecule has 0 unspecified atom stereocenters. The molecule has 0 spiro atoms. The Morgan fingerprint density at radius 2 is 2.26 bits per heavy atom. The highest BCUT2D eigenvalue weighted by Crippen LogP contribution is 2.48. The molecule has 7 heteroatoms. The summed E-state index contributed by atoms with van der Waals surface area (Å²) in [7, 11) is -2.97. The van der Waals surface area contributed by atoms with Crippen molar-refractivity contribution >= 4 is 59.8 Å². The number of thioether (sulfide) groups is 1. The molecule has 0 amide bonds.